The van der Waals surface area contributed by atoms with Crippen molar-refractivity contribution in [1.82, 2.24) is 14.6 Å². The van der Waals surface area contributed by atoms with Crippen LogP contribution in [0.2, 0.25) is 5.02 Å². The number of para-hydroxylation sites is 1. The molecule has 1 saturated heterocycles. The third-order valence-corrected chi connectivity index (χ3v) is 8.23. The molecule has 0 saturated carbocycles. The molecule has 6 atom stereocenters. The van der Waals surface area contributed by atoms with Gasteiger partial charge in [0, 0.05) is 6.20 Å². The first kappa shape index (κ1) is 31.3. The van der Waals surface area contributed by atoms with Crippen molar-refractivity contribution in [2.75, 3.05) is 12.3 Å². The van der Waals surface area contributed by atoms with Crippen molar-refractivity contribution in [2.24, 2.45) is 0 Å². The Labute approximate surface area is 231 Å². The third kappa shape index (κ3) is 7.09. The van der Waals surface area contributed by atoms with Crippen molar-refractivity contribution >= 4 is 41.8 Å². The summed E-state index contributed by atoms with van der Waals surface area (Å²) >= 11 is 11.3. The number of hydrogen-bond acceptors (Lipinski definition) is 10. The quantitative estimate of drug-likeness (QED) is 0.253. The summed E-state index contributed by atoms with van der Waals surface area (Å²) in [6, 6.07) is 6.78. The molecule has 1 aromatic carbocycles. The molecule has 0 radical (unpaired) electrons. The molecule has 17 heteroatoms. The highest BCUT2D eigenvalue weighted by atomic mass is 35.5. The molecule has 1 unspecified atom stereocenters. The minimum absolute atomic E-state index is 0.167. The predicted octanol–water partition coefficient (Wildman–Crippen LogP) is 2.96. The fourth-order valence-corrected chi connectivity index (χ4v) is 6.09. The van der Waals surface area contributed by atoms with E-state index in [4.69, 9.17) is 47.7 Å². The van der Waals surface area contributed by atoms with E-state index in [1.54, 1.807) is 32.0 Å². The molecule has 1 fully saturated rings. The van der Waals surface area contributed by atoms with Crippen LogP contribution in [0.25, 0.3) is 0 Å². The van der Waals surface area contributed by atoms with Gasteiger partial charge in [-0.1, -0.05) is 29.8 Å². The number of aromatic nitrogens is 2. The molecule has 39 heavy (non-hydrogen) atoms. The number of nitrogens with zero attached hydrogens (tertiary/aromatic N) is 2. The molecule has 1 aromatic heterocycles. The Morgan fingerprint density at radius 2 is 2.00 bits per heavy atom. The molecule has 216 valence electrons. The van der Waals surface area contributed by atoms with Crippen molar-refractivity contribution in [3.8, 4) is 5.75 Å². The molecule has 1 aliphatic heterocycles. The van der Waals surface area contributed by atoms with Crippen LogP contribution in [0.4, 0.5) is 19.0 Å². The summed E-state index contributed by atoms with van der Waals surface area (Å²) in [7, 11) is 0. The zero-order valence-electron chi connectivity index (χ0n) is 20.9. The number of halogens is 4. The largest absolute Gasteiger partial charge is 0.462 e. The number of benzene rings is 1. The van der Waals surface area contributed by atoms with Gasteiger partial charge in [0.2, 0.25) is 0 Å². The number of alkyl halides is 3. The molecule has 0 bridgehead atoms. The maximum absolute atomic E-state index is 15.4. The van der Waals surface area contributed by atoms with Crippen LogP contribution in [0.3, 0.4) is 0 Å². The maximum atomic E-state index is 15.4. The van der Waals surface area contributed by atoms with Crippen molar-refractivity contribution in [1.29, 1.82) is 0 Å². The Bertz CT molecular complexity index is 1280. The zero-order chi connectivity index (χ0) is 29.1. The third-order valence-electron chi connectivity index (χ3n) is 5.46. The first-order valence-electron chi connectivity index (χ1n) is 11.5. The van der Waals surface area contributed by atoms with Gasteiger partial charge in [-0.05, 0) is 44.7 Å². The molecule has 2 heterocycles. The van der Waals surface area contributed by atoms with Crippen molar-refractivity contribution < 1.29 is 41.6 Å². The number of anilines is 1. The van der Waals surface area contributed by atoms with Gasteiger partial charge in [0.1, 0.15) is 23.7 Å². The van der Waals surface area contributed by atoms with E-state index < -0.39 is 67.6 Å². The van der Waals surface area contributed by atoms with E-state index in [1.807, 2.05) is 0 Å². The highest BCUT2D eigenvalue weighted by molar-refractivity contribution is 8.09. The summed E-state index contributed by atoms with van der Waals surface area (Å²) in [5, 5.41) is 12.9. The van der Waals surface area contributed by atoms with E-state index in [0.717, 1.165) is 6.20 Å². The van der Waals surface area contributed by atoms with Gasteiger partial charge >= 0.3 is 18.3 Å². The minimum Gasteiger partial charge on any atom is -0.462 e. The second-order valence-corrected chi connectivity index (χ2v) is 12.4. The predicted molar refractivity (Wildman–Crippen MR) is 139 cm³/mol. The van der Waals surface area contributed by atoms with Gasteiger partial charge in [-0.25, -0.2) is 23.1 Å². The van der Waals surface area contributed by atoms with Gasteiger partial charge in [0.25, 0.3) is 6.43 Å². The normalized spacial score (nSPS) is 25.4. The summed E-state index contributed by atoms with van der Waals surface area (Å²) in [6.45, 7) is -0.493. The van der Waals surface area contributed by atoms with E-state index in [0.29, 0.717) is 4.57 Å². The molecule has 2 aromatic rings. The monoisotopic (exact) mass is 614 g/mol. The van der Waals surface area contributed by atoms with Gasteiger partial charge in [-0.2, -0.15) is 4.98 Å². The summed E-state index contributed by atoms with van der Waals surface area (Å²) in [6.07, 6.45) is -10.2. The lowest BCUT2D eigenvalue weighted by Gasteiger charge is -2.33. The van der Waals surface area contributed by atoms with Crippen LogP contribution in [0.1, 0.15) is 27.0 Å². The number of carbonyl (C=O) groups excluding carboxylic acids is 1. The topological polar surface area (TPSA) is 147 Å². The average Bonchev–Trinajstić information content (AvgIpc) is 3.11. The number of nitrogen functional groups attached to an aromatic ring is 1. The number of nitrogens with one attached hydrogen (secondary N) is 1. The van der Waals surface area contributed by atoms with E-state index in [9.17, 15) is 23.5 Å². The Balaban J connectivity index is 1.92. The van der Waals surface area contributed by atoms with E-state index in [-0.39, 0.29) is 16.6 Å². The number of esters is 1. The fourth-order valence-electron chi connectivity index (χ4n) is 3.52. The van der Waals surface area contributed by atoms with Gasteiger partial charge < -0.3 is 29.4 Å². The number of nitrogens with two attached hydrogens (primary N) is 1. The SMILES string of the molecule is CC(C)OC(=O)[C@H](C)NP(=S)(OC[C@@]1(C(F)F)O[C@@H](n2cc(Cl)c(N)nc2=O)[C@H](O)[C@H]1F)Oc1ccccc1. The summed E-state index contributed by atoms with van der Waals surface area (Å²) in [5.74, 6) is -0.924. The molecule has 0 spiro atoms. The number of ether oxygens (including phenoxy) is 2. The van der Waals surface area contributed by atoms with Crippen molar-refractivity contribution in [3.63, 3.8) is 0 Å². The van der Waals surface area contributed by atoms with Gasteiger partial charge in [0.05, 0.1) is 17.7 Å². The van der Waals surface area contributed by atoms with Gasteiger partial charge in [0.15, 0.2) is 18.0 Å². The molecular weight excluding hydrogens is 588 g/mol. The van der Waals surface area contributed by atoms with E-state index >= 15 is 4.39 Å². The van der Waals surface area contributed by atoms with Crippen LogP contribution in [-0.4, -0.2) is 63.7 Å². The van der Waals surface area contributed by atoms with Crippen molar-refractivity contribution in [3.05, 3.63) is 52.0 Å². The van der Waals surface area contributed by atoms with E-state index in [2.05, 4.69) is 10.1 Å². The average molecular weight is 615 g/mol. The first-order valence-corrected chi connectivity index (χ1v) is 14.5. The second kappa shape index (κ2) is 12.5. The van der Waals surface area contributed by atoms with Crippen LogP contribution >= 0.6 is 18.2 Å². The van der Waals surface area contributed by atoms with E-state index in [1.165, 1.54) is 19.1 Å². The number of aliphatic hydroxyl groups is 1. The Morgan fingerprint density at radius 1 is 1.36 bits per heavy atom. The minimum atomic E-state index is -3.89. The number of carbonyl (C=O) groups is 1. The number of rotatable bonds is 11. The molecular formula is C22H27ClF3N4O7PS. The molecule has 3 rings (SSSR count). The Hall–Kier alpha value is -2.26. The van der Waals surface area contributed by atoms with Crippen LogP contribution < -0.4 is 21.0 Å². The second-order valence-electron chi connectivity index (χ2n) is 8.83. The fraction of sp³-hybridized carbons (Fsp3) is 0.500. The number of hydrogen-bond donors (Lipinski definition) is 3. The van der Waals surface area contributed by atoms with Crippen molar-refractivity contribution in [2.45, 2.75) is 63.4 Å². The summed E-state index contributed by atoms with van der Waals surface area (Å²) in [4.78, 5) is 28.1. The molecule has 1 aliphatic rings. The lowest BCUT2D eigenvalue weighted by Crippen LogP contribution is -2.51. The van der Waals surface area contributed by atoms with Crippen LogP contribution in [0.5, 0.6) is 5.75 Å². The highest BCUT2D eigenvalue weighted by Gasteiger charge is 2.62. The van der Waals surface area contributed by atoms with Crippen LogP contribution in [-0.2, 0) is 30.6 Å². The molecule has 0 aliphatic carbocycles. The zero-order valence-corrected chi connectivity index (χ0v) is 23.3. The summed E-state index contributed by atoms with van der Waals surface area (Å²) in [5.41, 5.74) is 1.23. The Kier molecular flexibility index (Phi) is 10.0. The highest BCUT2D eigenvalue weighted by Crippen LogP contribution is 2.50. The van der Waals surface area contributed by atoms with Gasteiger partial charge in [-0.3, -0.25) is 9.36 Å². The smallest absolute Gasteiger partial charge is 0.351 e. The summed E-state index contributed by atoms with van der Waals surface area (Å²) < 4.78 is 66.5. The first-order chi connectivity index (χ1) is 18.2. The number of aliphatic hydroxyl groups excluding tert-OH is 1. The molecule has 4 N–H and O–H groups in total. The maximum Gasteiger partial charge on any atom is 0.351 e. The molecule has 11 nitrogen and oxygen atoms in total. The van der Waals surface area contributed by atoms with Crippen LogP contribution in [0, 0.1) is 0 Å². The van der Waals surface area contributed by atoms with Gasteiger partial charge in [-0.15, -0.1) is 0 Å². The Morgan fingerprint density at radius 3 is 2.59 bits per heavy atom. The lowest BCUT2D eigenvalue weighted by molar-refractivity contribution is -0.182. The van der Waals surface area contributed by atoms with Crippen LogP contribution in [0.15, 0.2) is 41.3 Å². The molecule has 0 amide bonds. The lowest BCUT2D eigenvalue weighted by atomic mass is 9.98. The standard InChI is InChI=1S/C22H27ClF3N4O7PS/c1-11(2)35-19(32)12(3)29-38(39,37-13-7-5-4-6-8-13)34-10-22(20(25)26)16(24)15(31)18(36-22)30-9-14(23)17(27)28-21(30)33/h4-9,11-12,15-16,18,20,31H,10H2,1-3H3,(H,29,39)(H2,27,28,33)/t12-,15+,16+,18+,22+,38?/m0/s1.